The van der Waals surface area contributed by atoms with Crippen molar-refractivity contribution < 1.29 is 14.9 Å². The fourth-order valence-corrected chi connectivity index (χ4v) is 3.36. The normalized spacial score (nSPS) is 12.0. The zero-order chi connectivity index (χ0) is 19.3. The molecule has 0 heterocycles. The molecule has 0 atom stereocenters. The van der Waals surface area contributed by atoms with E-state index in [4.69, 9.17) is 9.84 Å². The summed E-state index contributed by atoms with van der Waals surface area (Å²) in [6.45, 7) is 4.41. The first-order valence-electron chi connectivity index (χ1n) is 11.5. The minimum atomic E-state index is -0.972. The molecule has 0 aromatic rings. The Morgan fingerprint density at radius 3 is 1.04 bits per heavy atom. The van der Waals surface area contributed by atoms with Crippen molar-refractivity contribution in [2.24, 2.45) is 0 Å². The first kappa shape index (κ1) is 25.9. The highest BCUT2D eigenvalue weighted by atomic mass is 16.6. The monoisotopic (exact) mass is 372 g/mol. The smallest absolute Gasteiger partial charge is 0.159 e. The molecule has 0 unspecified atom stereocenters. The third-order valence-corrected chi connectivity index (χ3v) is 5.01. The van der Waals surface area contributed by atoms with E-state index in [-0.39, 0.29) is 0 Å². The van der Waals surface area contributed by atoms with E-state index in [9.17, 15) is 5.11 Å². The lowest BCUT2D eigenvalue weighted by Crippen LogP contribution is -2.23. The zero-order valence-electron chi connectivity index (χ0n) is 17.9. The van der Waals surface area contributed by atoms with Crippen LogP contribution >= 0.6 is 0 Å². The van der Waals surface area contributed by atoms with Gasteiger partial charge in [-0.1, -0.05) is 103 Å². The number of hydrogen-bond acceptors (Lipinski definition) is 3. The highest BCUT2D eigenvalue weighted by Gasteiger charge is 2.10. The number of ether oxygens (including phenoxy) is 1. The Morgan fingerprint density at radius 1 is 0.500 bits per heavy atom. The van der Waals surface area contributed by atoms with Crippen LogP contribution in [0.3, 0.4) is 0 Å². The van der Waals surface area contributed by atoms with E-state index in [2.05, 4.69) is 0 Å². The standard InChI is InChI=1S/C23H48O3/c1-23(2,25)26-22-20-18-16-14-12-10-8-6-4-3-5-7-9-11-13-15-17-19-21-24/h24-25H,3-22H2,1-2H3. The molecule has 0 aliphatic carbocycles. The summed E-state index contributed by atoms with van der Waals surface area (Å²) in [5.74, 6) is -0.972. The molecule has 2 N–H and O–H groups in total. The third kappa shape index (κ3) is 23.9. The van der Waals surface area contributed by atoms with Crippen molar-refractivity contribution in [1.82, 2.24) is 0 Å². The molecular formula is C23H48O3. The summed E-state index contributed by atoms with van der Waals surface area (Å²) in [7, 11) is 0. The van der Waals surface area contributed by atoms with Gasteiger partial charge in [-0.25, -0.2) is 0 Å². The number of unbranched alkanes of at least 4 members (excludes halogenated alkanes) is 17. The van der Waals surface area contributed by atoms with E-state index in [1.54, 1.807) is 13.8 Å². The van der Waals surface area contributed by atoms with Crippen LogP contribution in [0.1, 0.15) is 129 Å². The van der Waals surface area contributed by atoms with Crippen molar-refractivity contribution in [2.75, 3.05) is 13.2 Å². The highest BCUT2D eigenvalue weighted by molar-refractivity contribution is 4.52. The van der Waals surface area contributed by atoms with Crippen LogP contribution in [0.25, 0.3) is 0 Å². The van der Waals surface area contributed by atoms with Crippen LogP contribution in [0.4, 0.5) is 0 Å². The number of rotatable bonds is 21. The van der Waals surface area contributed by atoms with Crippen molar-refractivity contribution in [3.8, 4) is 0 Å². The summed E-state index contributed by atoms with van der Waals surface area (Å²) in [5.41, 5.74) is 0. The molecule has 0 bridgehead atoms. The molecule has 158 valence electrons. The molecule has 0 amide bonds. The number of aliphatic hydroxyl groups is 2. The number of aliphatic hydroxyl groups excluding tert-OH is 1. The van der Waals surface area contributed by atoms with Crippen LogP contribution in [-0.4, -0.2) is 29.2 Å². The van der Waals surface area contributed by atoms with Crippen molar-refractivity contribution >= 4 is 0 Å². The van der Waals surface area contributed by atoms with Crippen molar-refractivity contribution in [3.63, 3.8) is 0 Å². The van der Waals surface area contributed by atoms with Gasteiger partial charge in [0.2, 0.25) is 0 Å². The Bertz CT molecular complexity index is 261. The van der Waals surface area contributed by atoms with Gasteiger partial charge in [-0.05, 0) is 26.7 Å². The molecule has 0 spiro atoms. The van der Waals surface area contributed by atoms with E-state index in [1.807, 2.05) is 0 Å². The molecule has 0 radical (unpaired) electrons. The van der Waals surface area contributed by atoms with Gasteiger partial charge in [-0.2, -0.15) is 0 Å². The van der Waals surface area contributed by atoms with Gasteiger partial charge in [-0.3, -0.25) is 0 Å². The second-order valence-corrected chi connectivity index (χ2v) is 8.38. The summed E-state index contributed by atoms with van der Waals surface area (Å²) in [4.78, 5) is 0. The van der Waals surface area contributed by atoms with E-state index in [1.165, 1.54) is 103 Å². The lowest BCUT2D eigenvalue weighted by atomic mass is 10.0. The molecule has 0 fully saturated rings. The fraction of sp³-hybridized carbons (Fsp3) is 1.00. The summed E-state index contributed by atoms with van der Waals surface area (Å²) >= 11 is 0. The lowest BCUT2D eigenvalue weighted by Gasteiger charge is -2.17. The molecule has 0 aliphatic rings. The van der Waals surface area contributed by atoms with E-state index in [0.29, 0.717) is 13.2 Å². The predicted octanol–water partition coefficient (Wildman–Crippen LogP) is 6.75. The van der Waals surface area contributed by atoms with Gasteiger partial charge < -0.3 is 14.9 Å². The average Bonchev–Trinajstić information content (AvgIpc) is 2.59. The molecule has 26 heavy (non-hydrogen) atoms. The maximum absolute atomic E-state index is 9.44. The summed E-state index contributed by atoms with van der Waals surface area (Å²) in [6.07, 6.45) is 23.8. The van der Waals surface area contributed by atoms with Crippen LogP contribution < -0.4 is 0 Å². The van der Waals surface area contributed by atoms with Gasteiger partial charge in [-0.15, -0.1) is 0 Å². The van der Waals surface area contributed by atoms with Crippen molar-refractivity contribution in [1.29, 1.82) is 0 Å². The summed E-state index contributed by atoms with van der Waals surface area (Å²) in [5, 5.41) is 18.2. The predicted molar refractivity (Wildman–Crippen MR) is 112 cm³/mol. The SMILES string of the molecule is CC(C)(O)OCCCCCCCCCCCCCCCCCCCCO. The largest absolute Gasteiger partial charge is 0.396 e. The molecule has 3 nitrogen and oxygen atoms in total. The Kier molecular flexibility index (Phi) is 19.5. The molecule has 0 saturated carbocycles. The minimum absolute atomic E-state index is 0.361. The summed E-state index contributed by atoms with van der Waals surface area (Å²) < 4.78 is 5.31. The van der Waals surface area contributed by atoms with E-state index >= 15 is 0 Å². The maximum Gasteiger partial charge on any atom is 0.159 e. The molecule has 0 aromatic heterocycles. The van der Waals surface area contributed by atoms with Gasteiger partial charge in [0.05, 0.1) is 0 Å². The number of hydrogen-bond donors (Lipinski definition) is 2. The topological polar surface area (TPSA) is 49.7 Å². The molecule has 3 heteroatoms. The first-order chi connectivity index (χ1) is 12.6. The van der Waals surface area contributed by atoms with Gasteiger partial charge in [0, 0.05) is 13.2 Å². The fourth-order valence-electron chi connectivity index (χ4n) is 3.36. The Hall–Kier alpha value is -0.120. The molecule has 0 aromatic carbocycles. The van der Waals surface area contributed by atoms with Crippen LogP contribution in [0.2, 0.25) is 0 Å². The van der Waals surface area contributed by atoms with Gasteiger partial charge in [0.25, 0.3) is 0 Å². The highest BCUT2D eigenvalue weighted by Crippen LogP contribution is 2.14. The van der Waals surface area contributed by atoms with E-state index in [0.717, 1.165) is 12.8 Å². The van der Waals surface area contributed by atoms with Crippen molar-refractivity contribution in [2.45, 2.75) is 135 Å². The molecule has 0 aliphatic heterocycles. The molecule has 0 rings (SSSR count). The quantitative estimate of drug-likeness (QED) is 0.173. The second kappa shape index (κ2) is 19.6. The zero-order valence-corrected chi connectivity index (χ0v) is 17.9. The van der Waals surface area contributed by atoms with Crippen LogP contribution in [0.15, 0.2) is 0 Å². The molecule has 0 saturated heterocycles. The van der Waals surface area contributed by atoms with Crippen LogP contribution in [0.5, 0.6) is 0 Å². The molecular weight excluding hydrogens is 324 g/mol. The Morgan fingerprint density at radius 2 is 0.769 bits per heavy atom. The maximum atomic E-state index is 9.44. The first-order valence-corrected chi connectivity index (χ1v) is 11.5. The second-order valence-electron chi connectivity index (χ2n) is 8.38. The van der Waals surface area contributed by atoms with Gasteiger partial charge in [0.1, 0.15) is 0 Å². The third-order valence-electron chi connectivity index (χ3n) is 5.01. The average molecular weight is 373 g/mol. The van der Waals surface area contributed by atoms with E-state index < -0.39 is 5.79 Å². The Balaban J connectivity index is 3.01. The minimum Gasteiger partial charge on any atom is -0.396 e. The van der Waals surface area contributed by atoms with Gasteiger partial charge in [0.15, 0.2) is 5.79 Å². The van der Waals surface area contributed by atoms with Gasteiger partial charge >= 0.3 is 0 Å². The van der Waals surface area contributed by atoms with Crippen molar-refractivity contribution in [3.05, 3.63) is 0 Å². The summed E-state index contributed by atoms with van der Waals surface area (Å²) in [6, 6.07) is 0. The lowest BCUT2D eigenvalue weighted by molar-refractivity contribution is -0.176. The van der Waals surface area contributed by atoms with Crippen LogP contribution in [0, 0.1) is 0 Å². The van der Waals surface area contributed by atoms with Crippen LogP contribution in [-0.2, 0) is 4.74 Å². The Labute approximate surface area is 163 Å².